The largest absolute Gasteiger partial charge is 0.465 e. The lowest BCUT2D eigenvalue weighted by Gasteiger charge is -2.24. The first-order valence-electron chi connectivity index (χ1n) is 11.9. The van der Waals surface area contributed by atoms with Crippen molar-refractivity contribution in [3.8, 4) is 0 Å². The maximum Gasteiger partial charge on any atom is 0.416 e. The van der Waals surface area contributed by atoms with Crippen molar-refractivity contribution in [3.63, 3.8) is 0 Å². The number of hydrogen-bond acceptors (Lipinski definition) is 4. The van der Waals surface area contributed by atoms with Crippen molar-refractivity contribution >= 4 is 11.7 Å². The van der Waals surface area contributed by atoms with Gasteiger partial charge in [-0.3, -0.25) is 4.79 Å². The molecule has 0 radical (unpaired) electrons. The van der Waals surface area contributed by atoms with Crippen LogP contribution in [0.5, 0.6) is 0 Å². The minimum Gasteiger partial charge on any atom is -0.465 e. The van der Waals surface area contributed by atoms with Gasteiger partial charge in [0.15, 0.2) is 0 Å². The fourth-order valence-electron chi connectivity index (χ4n) is 4.57. The first-order chi connectivity index (χ1) is 17.1. The molecule has 3 aromatic rings. The Morgan fingerprint density at radius 3 is 2.42 bits per heavy atom. The number of benzene rings is 2. The van der Waals surface area contributed by atoms with E-state index >= 15 is 0 Å². The monoisotopic (exact) mass is 498 g/mol. The third-order valence-corrected chi connectivity index (χ3v) is 6.74. The Labute approximate surface area is 207 Å². The van der Waals surface area contributed by atoms with E-state index in [9.17, 15) is 22.8 Å². The number of nitrogens with one attached hydrogen (secondary N) is 1. The number of carbonyl (C=O) groups is 1. The number of rotatable bonds is 8. The van der Waals surface area contributed by atoms with Crippen molar-refractivity contribution in [2.75, 3.05) is 19.1 Å². The Hall–Kier alpha value is -3.55. The van der Waals surface area contributed by atoms with Crippen LogP contribution in [-0.4, -0.2) is 25.1 Å². The molecule has 0 spiro atoms. The summed E-state index contributed by atoms with van der Waals surface area (Å²) in [4.78, 5) is 29.3. The zero-order chi connectivity index (χ0) is 26.0. The lowest BCUT2D eigenvalue weighted by molar-refractivity contribution is -0.137. The highest BCUT2D eigenvalue weighted by Gasteiger charge is 2.32. The maximum absolute atomic E-state index is 13.2. The lowest BCUT2D eigenvalue weighted by atomic mass is 9.92. The summed E-state index contributed by atoms with van der Waals surface area (Å²) < 4.78 is 44.4. The van der Waals surface area contributed by atoms with Gasteiger partial charge in [0.05, 0.1) is 24.8 Å². The molecule has 0 aliphatic heterocycles. The van der Waals surface area contributed by atoms with E-state index in [4.69, 9.17) is 4.74 Å². The maximum atomic E-state index is 13.2. The van der Waals surface area contributed by atoms with Crippen LogP contribution in [0.1, 0.15) is 62.6 Å². The van der Waals surface area contributed by atoms with Gasteiger partial charge in [-0.2, -0.15) is 13.2 Å². The Morgan fingerprint density at radius 1 is 1.11 bits per heavy atom. The van der Waals surface area contributed by atoms with E-state index in [2.05, 4.69) is 4.98 Å². The third-order valence-electron chi connectivity index (χ3n) is 6.74. The van der Waals surface area contributed by atoms with Gasteiger partial charge >= 0.3 is 12.1 Å². The molecule has 1 aliphatic carbocycles. The van der Waals surface area contributed by atoms with E-state index in [-0.39, 0.29) is 5.56 Å². The summed E-state index contributed by atoms with van der Waals surface area (Å²) in [5.41, 5.74) is 4.60. The second-order valence-electron chi connectivity index (χ2n) is 9.32. The Kier molecular flexibility index (Phi) is 7.24. The fraction of sp³-hybridized carbons (Fsp3) is 0.357. The molecule has 0 unspecified atom stereocenters. The van der Waals surface area contributed by atoms with Crippen LogP contribution in [0.25, 0.3) is 0 Å². The topological polar surface area (TPSA) is 62.4 Å². The van der Waals surface area contributed by atoms with Gasteiger partial charge in [0, 0.05) is 24.0 Å². The van der Waals surface area contributed by atoms with Crippen LogP contribution in [0.15, 0.2) is 53.3 Å². The van der Waals surface area contributed by atoms with Gasteiger partial charge in [0.2, 0.25) is 0 Å². The molecule has 1 heterocycles. The van der Waals surface area contributed by atoms with Crippen molar-refractivity contribution in [1.29, 1.82) is 0 Å². The van der Waals surface area contributed by atoms with E-state index in [1.54, 1.807) is 30.1 Å². The molecule has 4 rings (SSSR count). The Balaban J connectivity index is 1.61. The molecule has 0 bridgehead atoms. The molecule has 0 atom stereocenters. The smallest absolute Gasteiger partial charge is 0.416 e. The van der Waals surface area contributed by atoms with Gasteiger partial charge in [-0.25, -0.2) is 4.79 Å². The Morgan fingerprint density at radius 2 is 1.81 bits per heavy atom. The highest BCUT2D eigenvalue weighted by atomic mass is 19.4. The van der Waals surface area contributed by atoms with Crippen LogP contribution < -0.4 is 10.5 Å². The number of aryl methyl sites for hydroxylation is 1. The van der Waals surface area contributed by atoms with Gasteiger partial charge in [-0.15, -0.1) is 0 Å². The standard InChI is InChI=1S/C28H29F3N2O3/c1-17-23(14-9-18-7-10-20(11-8-18)27(35)36-3)25(19-12-13-19)24(32-26(17)34)16-33(2)22-6-4-5-21(15-22)28(29,30)31/h4-8,10-11,15,19H,9,12-14,16H2,1-3H3,(H,32,34). The van der Waals surface area contributed by atoms with Crippen LogP contribution >= 0.6 is 0 Å². The van der Waals surface area contributed by atoms with Crippen LogP contribution in [0.3, 0.4) is 0 Å². The number of carbonyl (C=O) groups excluding carboxylic acids is 1. The van der Waals surface area contributed by atoms with E-state index < -0.39 is 17.7 Å². The third kappa shape index (κ3) is 5.64. The summed E-state index contributed by atoms with van der Waals surface area (Å²) in [6.45, 7) is 2.12. The number of pyridine rings is 1. The van der Waals surface area contributed by atoms with Crippen molar-refractivity contribution in [2.45, 2.75) is 51.2 Å². The molecular formula is C28H29F3N2O3. The zero-order valence-corrected chi connectivity index (χ0v) is 20.5. The molecule has 0 amide bonds. The van der Waals surface area contributed by atoms with Crippen molar-refractivity contribution in [2.24, 2.45) is 0 Å². The molecule has 1 aliphatic rings. The fourth-order valence-corrected chi connectivity index (χ4v) is 4.57. The van der Waals surface area contributed by atoms with Crippen molar-refractivity contribution < 1.29 is 22.7 Å². The average Bonchev–Trinajstić information content (AvgIpc) is 3.69. The first-order valence-corrected chi connectivity index (χ1v) is 11.9. The molecule has 36 heavy (non-hydrogen) atoms. The normalized spacial score (nSPS) is 13.5. The van der Waals surface area contributed by atoms with E-state index in [0.717, 1.165) is 47.4 Å². The van der Waals surface area contributed by atoms with Crippen LogP contribution in [-0.2, 0) is 30.3 Å². The van der Waals surface area contributed by atoms with E-state index in [0.29, 0.717) is 42.1 Å². The highest BCUT2D eigenvalue weighted by molar-refractivity contribution is 5.89. The number of H-pyrrole nitrogens is 1. The molecule has 1 fully saturated rings. The number of ether oxygens (including phenoxy) is 1. The average molecular weight is 499 g/mol. The number of hydrogen-bond donors (Lipinski definition) is 1. The van der Waals surface area contributed by atoms with Crippen LogP contribution in [0.4, 0.5) is 18.9 Å². The second-order valence-corrected chi connectivity index (χ2v) is 9.32. The molecule has 5 nitrogen and oxygen atoms in total. The van der Waals surface area contributed by atoms with E-state index in [1.807, 2.05) is 19.1 Å². The summed E-state index contributed by atoms with van der Waals surface area (Å²) in [6.07, 6.45) is -1.04. The molecule has 8 heteroatoms. The van der Waals surface area contributed by atoms with Crippen LogP contribution in [0.2, 0.25) is 0 Å². The number of esters is 1. The van der Waals surface area contributed by atoms with Gasteiger partial charge in [-0.05, 0) is 85.5 Å². The molecule has 1 N–H and O–H groups in total. The SMILES string of the molecule is COC(=O)c1ccc(CCc2c(C3CC3)c(CN(C)c3cccc(C(F)(F)F)c3)[nH]c(=O)c2C)cc1. The summed E-state index contributed by atoms with van der Waals surface area (Å²) >= 11 is 0. The molecule has 190 valence electrons. The minimum atomic E-state index is -4.42. The number of aromatic amines is 1. The van der Waals surface area contributed by atoms with Crippen LogP contribution in [0, 0.1) is 6.92 Å². The zero-order valence-electron chi connectivity index (χ0n) is 20.5. The second kappa shape index (κ2) is 10.2. The summed E-state index contributed by atoms with van der Waals surface area (Å²) in [5.74, 6) is -0.0558. The quantitative estimate of drug-likeness (QED) is 0.400. The van der Waals surface area contributed by atoms with Gasteiger partial charge < -0.3 is 14.6 Å². The molecule has 1 aromatic heterocycles. The molecule has 0 saturated heterocycles. The first kappa shape index (κ1) is 25.5. The summed E-state index contributed by atoms with van der Waals surface area (Å²) in [5, 5.41) is 0. The predicted molar refractivity (Wildman–Crippen MR) is 133 cm³/mol. The Bertz CT molecular complexity index is 1310. The molecular weight excluding hydrogens is 469 g/mol. The number of methoxy groups -OCH3 is 1. The number of anilines is 1. The predicted octanol–water partition coefficient (Wildman–Crippen LogP) is 5.79. The number of alkyl halides is 3. The molecule has 1 saturated carbocycles. The highest BCUT2D eigenvalue weighted by Crippen LogP contribution is 2.44. The summed E-state index contributed by atoms with van der Waals surface area (Å²) in [6, 6.07) is 12.4. The van der Waals surface area contributed by atoms with Gasteiger partial charge in [0.1, 0.15) is 0 Å². The van der Waals surface area contributed by atoms with Gasteiger partial charge in [0.25, 0.3) is 5.56 Å². The number of aromatic nitrogens is 1. The van der Waals surface area contributed by atoms with Gasteiger partial charge in [-0.1, -0.05) is 18.2 Å². The van der Waals surface area contributed by atoms with Crippen molar-refractivity contribution in [3.05, 3.63) is 98.0 Å². The van der Waals surface area contributed by atoms with Crippen molar-refractivity contribution in [1.82, 2.24) is 4.98 Å². The van der Waals surface area contributed by atoms with E-state index in [1.165, 1.54) is 13.2 Å². The molecule has 2 aromatic carbocycles. The number of halogens is 3. The summed E-state index contributed by atoms with van der Waals surface area (Å²) in [7, 11) is 3.07. The lowest BCUT2D eigenvalue weighted by Crippen LogP contribution is -2.25. The minimum absolute atomic E-state index is 0.178. The number of nitrogens with zero attached hydrogens (tertiary/aromatic N) is 1.